The lowest BCUT2D eigenvalue weighted by Gasteiger charge is -2.15. The largest absolute Gasteiger partial charge is 0.241 e. The summed E-state index contributed by atoms with van der Waals surface area (Å²) in [6.45, 7) is 1.48. The second-order valence-electron chi connectivity index (χ2n) is 4.47. The van der Waals surface area contributed by atoms with E-state index in [4.69, 9.17) is 0 Å². The van der Waals surface area contributed by atoms with Gasteiger partial charge in [0.15, 0.2) is 11.6 Å². The Balaban J connectivity index is 2.25. The lowest BCUT2D eigenvalue weighted by molar-refractivity contribution is 0.504. The van der Waals surface area contributed by atoms with Crippen LogP contribution in [0, 0.1) is 17.5 Å². The molecule has 0 saturated heterocycles. The van der Waals surface area contributed by atoms with Crippen molar-refractivity contribution in [2.45, 2.75) is 17.9 Å². The Bertz CT molecular complexity index is 763. The summed E-state index contributed by atoms with van der Waals surface area (Å²) >= 11 is 0. The van der Waals surface area contributed by atoms with Crippen LogP contribution in [-0.2, 0) is 10.0 Å². The molecule has 1 unspecified atom stereocenters. The minimum atomic E-state index is -3.96. The second kappa shape index (κ2) is 5.87. The van der Waals surface area contributed by atoms with Crippen LogP contribution in [0.4, 0.5) is 13.2 Å². The number of hydrogen-bond donors (Lipinski definition) is 1. The minimum Gasteiger partial charge on any atom is -0.207 e. The zero-order chi connectivity index (χ0) is 15.6. The lowest BCUT2D eigenvalue weighted by atomic mass is 10.1. The van der Waals surface area contributed by atoms with Crippen molar-refractivity contribution in [2.75, 3.05) is 0 Å². The first-order chi connectivity index (χ1) is 9.79. The SMILES string of the molecule is CC(NS(=O)(=O)c1cccc(F)c1)c1ccc(F)c(F)c1. The standard InChI is InChI=1S/C14H12F3NO2S/c1-9(10-5-6-13(16)14(17)7-10)18-21(19,20)12-4-2-3-11(15)8-12/h2-9,18H,1H3. The van der Waals surface area contributed by atoms with Crippen LogP contribution in [0.5, 0.6) is 0 Å². The third-order valence-electron chi connectivity index (χ3n) is 2.88. The molecule has 0 aliphatic carbocycles. The molecule has 7 heteroatoms. The highest BCUT2D eigenvalue weighted by atomic mass is 32.2. The molecule has 0 aliphatic heterocycles. The van der Waals surface area contributed by atoms with Gasteiger partial charge in [0, 0.05) is 6.04 Å². The van der Waals surface area contributed by atoms with Crippen LogP contribution in [-0.4, -0.2) is 8.42 Å². The molecule has 2 rings (SSSR count). The molecule has 0 saturated carbocycles. The monoisotopic (exact) mass is 315 g/mol. The van der Waals surface area contributed by atoms with Crippen LogP contribution in [0.1, 0.15) is 18.5 Å². The smallest absolute Gasteiger partial charge is 0.207 e. The van der Waals surface area contributed by atoms with E-state index in [0.29, 0.717) is 0 Å². The van der Waals surface area contributed by atoms with Crippen molar-refractivity contribution < 1.29 is 21.6 Å². The molecular formula is C14H12F3NO2S. The number of hydrogen-bond acceptors (Lipinski definition) is 2. The van der Waals surface area contributed by atoms with Gasteiger partial charge < -0.3 is 0 Å². The molecule has 21 heavy (non-hydrogen) atoms. The van der Waals surface area contributed by atoms with Gasteiger partial charge in [-0.25, -0.2) is 26.3 Å². The molecule has 2 aromatic rings. The molecule has 0 heterocycles. The van der Waals surface area contributed by atoms with E-state index >= 15 is 0 Å². The van der Waals surface area contributed by atoms with Crippen LogP contribution in [0.25, 0.3) is 0 Å². The number of sulfonamides is 1. The molecule has 0 aromatic heterocycles. The molecule has 2 aromatic carbocycles. The normalized spacial score (nSPS) is 13.1. The van der Waals surface area contributed by atoms with Gasteiger partial charge in [-0.2, -0.15) is 0 Å². The first-order valence-corrected chi connectivity index (χ1v) is 7.51. The van der Waals surface area contributed by atoms with Crippen LogP contribution in [0.3, 0.4) is 0 Å². The fraction of sp³-hybridized carbons (Fsp3) is 0.143. The first kappa shape index (κ1) is 15.5. The highest BCUT2D eigenvalue weighted by Gasteiger charge is 2.19. The topological polar surface area (TPSA) is 46.2 Å². The van der Waals surface area contributed by atoms with Gasteiger partial charge in [0.25, 0.3) is 0 Å². The summed E-state index contributed by atoms with van der Waals surface area (Å²) in [5.74, 6) is -2.76. The predicted molar refractivity (Wildman–Crippen MR) is 71.5 cm³/mol. The van der Waals surface area contributed by atoms with Crippen LogP contribution in [0.15, 0.2) is 47.4 Å². The average Bonchev–Trinajstić information content (AvgIpc) is 2.41. The Morgan fingerprint density at radius 3 is 2.33 bits per heavy atom. The fourth-order valence-corrected chi connectivity index (χ4v) is 3.05. The summed E-state index contributed by atoms with van der Waals surface area (Å²) in [5.41, 5.74) is 0.258. The summed E-state index contributed by atoms with van der Waals surface area (Å²) in [7, 11) is -3.96. The molecular weight excluding hydrogens is 303 g/mol. The number of rotatable bonds is 4. The number of benzene rings is 2. The molecule has 0 radical (unpaired) electrons. The van der Waals surface area contributed by atoms with Crippen LogP contribution >= 0.6 is 0 Å². The van der Waals surface area contributed by atoms with Gasteiger partial charge in [-0.15, -0.1) is 0 Å². The molecule has 0 bridgehead atoms. The number of halogens is 3. The molecule has 1 N–H and O–H groups in total. The summed E-state index contributed by atoms with van der Waals surface area (Å²) in [4.78, 5) is -0.239. The van der Waals surface area contributed by atoms with Crippen molar-refractivity contribution in [1.29, 1.82) is 0 Å². The zero-order valence-corrected chi connectivity index (χ0v) is 11.8. The molecule has 0 aliphatic rings. The van der Waals surface area contributed by atoms with Gasteiger partial charge >= 0.3 is 0 Å². The van der Waals surface area contributed by atoms with Gasteiger partial charge in [-0.1, -0.05) is 12.1 Å². The molecule has 0 fully saturated rings. The average molecular weight is 315 g/mol. The van der Waals surface area contributed by atoms with E-state index < -0.39 is 33.5 Å². The lowest BCUT2D eigenvalue weighted by Crippen LogP contribution is -2.27. The van der Waals surface area contributed by atoms with E-state index in [0.717, 1.165) is 24.3 Å². The van der Waals surface area contributed by atoms with Gasteiger partial charge in [0.2, 0.25) is 10.0 Å². The Hall–Kier alpha value is -1.86. The maximum absolute atomic E-state index is 13.1. The van der Waals surface area contributed by atoms with Crippen molar-refractivity contribution in [2.24, 2.45) is 0 Å². The Kier molecular flexibility index (Phi) is 4.34. The second-order valence-corrected chi connectivity index (χ2v) is 6.19. The van der Waals surface area contributed by atoms with Gasteiger partial charge in [-0.3, -0.25) is 0 Å². The highest BCUT2D eigenvalue weighted by molar-refractivity contribution is 7.89. The van der Waals surface area contributed by atoms with Crippen LogP contribution in [0.2, 0.25) is 0 Å². The molecule has 3 nitrogen and oxygen atoms in total. The van der Waals surface area contributed by atoms with Crippen molar-refractivity contribution in [3.63, 3.8) is 0 Å². The summed E-state index contributed by atoms with van der Waals surface area (Å²) in [6, 6.07) is 6.81. The third-order valence-corrected chi connectivity index (χ3v) is 4.42. The zero-order valence-electron chi connectivity index (χ0n) is 11.0. The van der Waals surface area contributed by atoms with Crippen molar-refractivity contribution in [3.8, 4) is 0 Å². The van der Waals surface area contributed by atoms with E-state index in [-0.39, 0.29) is 10.5 Å². The summed E-state index contributed by atoms with van der Waals surface area (Å²) in [5, 5.41) is 0. The van der Waals surface area contributed by atoms with Crippen LogP contribution < -0.4 is 4.72 Å². The number of nitrogens with one attached hydrogen (secondary N) is 1. The summed E-state index contributed by atoms with van der Waals surface area (Å²) < 4.78 is 65.5. The van der Waals surface area contributed by atoms with Gasteiger partial charge in [0.1, 0.15) is 5.82 Å². The van der Waals surface area contributed by atoms with Gasteiger partial charge in [-0.05, 0) is 42.8 Å². The quantitative estimate of drug-likeness (QED) is 0.942. The predicted octanol–water partition coefficient (Wildman–Crippen LogP) is 3.14. The Morgan fingerprint density at radius 1 is 1.00 bits per heavy atom. The molecule has 112 valence electrons. The third kappa shape index (κ3) is 3.62. The summed E-state index contributed by atoms with van der Waals surface area (Å²) in [6.07, 6.45) is 0. The fourth-order valence-electron chi connectivity index (χ4n) is 1.78. The van der Waals surface area contributed by atoms with E-state index in [1.54, 1.807) is 0 Å². The Labute approximate surface area is 120 Å². The minimum absolute atomic E-state index is 0.239. The molecule has 1 atom stereocenters. The van der Waals surface area contributed by atoms with E-state index in [1.807, 2.05) is 0 Å². The highest BCUT2D eigenvalue weighted by Crippen LogP contribution is 2.19. The Morgan fingerprint density at radius 2 is 1.71 bits per heavy atom. The maximum Gasteiger partial charge on any atom is 0.241 e. The first-order valence-electron chi connectivity index (χ1n) is 6.02. The molecule has 0 amide bonds. The van der Waals surface area contributed by atoms with E-state index in [9.17, 15) is 21.6 Å². The van der Waals surface area contributed by atoms with Crippen molar-refractivity contribution in [3.05, 3.63) is 65.5 Å². The van der Waals surface area contributed by atoms with Crippen molar-refractivity contribution in [1.82, 2.24) is 4.72 Å². The maximum atomic E-state index is 13.1. The van der Waals surface area contributed by atoms with E-state index in [2.05, 4.69) is 4.72 Å². The molecule has 0 spiro atoms. The van der Waals surface area contributed by atoms with Gasteiger partial charge in [0.05, 0.1) is 4.90 Å². The van der Waals surface area contributed by atoms with Crippen molar-refractivity contribution >= 4 is 10.0 Å². The van der Waals surface area contributed by atoms with E-state index in [1.165, 1.54) is 25.1 Å².